The standard InChI is InChI=1S/C19H20BrNO6/c1-2-9-26-18(25)21-19(8-7-12-14(15(12)19)16(22)23)17(24)27-10-11-5-3-4-6-13(11)20/h2-6,12,14-15H,1,7-10H2,(H,21,25)(H,22,23)/t12-,14-,15-,19-/m0/s1. The number of benzene rings is 1. The lowest BCUT2D eigenvalue weighted by atomic mass is 9.90. The molecule has 7 nitrogen and oxygen atoms in total. The van der Waals surface area contributed by atoms with Crippen LogP contribution in [0.25, 0.3) is 0 Å². The highest BCUT2D eigenvalue weighted by atomic mass is 79.9. The van der Waals surface area contributed by atoms with Crippen LogP contribution >= 0.6 is 15.9 Å². The molecule has 0 aromatic heterocycles. The van der Waals surface area contributed by atoms with Crippen molar-refractivity contribution < 1.29 is 29.0 Å². The van der Waals surface area contributed by atoms with Crippen LogP contribution in [0.4, 0.5) is 4.79 Å². The summed E-state index contributed by atoms with van der Waals surface area (Å²) in [5.74, 6) is -2.88. The fourth-order valence-corrected chi connectivity index (χ4v) is 4.38. The summed E-state index contributed by atoms with van der Waals surface area (Å²) >= 11 is 3.39. The van der Waals surface area contributed by atoms with Crippen molar-refractivity contribution >= 4 is 34.0 Å². The summed E-state index contributed by atoms with van der Waals surface area (Å²) < 4.78 is 11.2. The molecular weight excluding hydrogens is 418 g/mol. The SMILES string of the molecule is C=CCOC(=O)N[C@@]1(C(=O)OCc2ccccc2Br)CC[C@H]2[C@H](C(=O)O)[C@H]21. The molecule has 144 valence electrons. The topological polar surface area (TPSA) is 102 Å². The Kier molecular flexibility index (Phi) is 5.55. The Labute approximate surface area is 164 Å². The number of halogens is 1. The largest absolute Gasteiger partial charge is 0.481 e. The van der Waals surface area contributed by atoms with Crippen LogP contribution in [-0.2, 0) is 25.7 Å². The molecule has 2 saturated carbocycles. The molecule has 2 N–H and O–H groups in total. The van der Waals surface area contributed by atoms with Gasteiger partial charge in [-0.25, -0.2) is 9.59 Å². The van der Waals surface area contributed by atoms with E-state index in [1.165, 1.54) is 6.08 Å². The molecule has 0 spiro atoms. The van der Waals surface area contributed by atoms with Crippen LogP contribution in [0.2, 0.25) is 0 Å². The highest BCUT2D eigenvalue weighted by molar-refractivity contribution is 9.10. The number of ether oxygens (including phenoxy) is 2. The summed E-state index contributed by atoms with van der Waals surface area (Å²) in [6, 6.07) is 7.31. The Balaban J connectivity index is 1.76. The van der Waals surface area contributed by atoms with Crippen molar-refractivity contribution in [2.24, 2.45) is 17.8 Å². The van der Waals surface area contributed by atoms with E-state index in [0.717, 1.165) is 10.0 Å². The second-order valence-electron chi connectivity index (χ2n) is 6.74. The van der Waals surface area contributed by atoms with Crippen LogP contribution in [0.15, 0.2) is 41.4 Å². The zero-order valence-corrected chi connectivity index (χ0v) is 16.1. The van der Waals surface area contributed by atoms with Crippen molar-refractivity contribution in [2.75, 3.05) is 6.61 Å². The third-order valence-electron chi connectivity index (χ3n) is 5.23. The number of amides is 1. The summed E-state index contributed by atoms with van der Waals surface area (Å²) in [4.78, 5) is 36.5. The first kappa shape index (κ1) is 19.4. The number of carboxylic acid groups (broad SMARTS) is 1. The smallest absolute Gasteiger partial charge is 0.408 e. The van der Waals surface area contributed by atoms with Gasteiger partial charge in [0.15, 0.2) is 0 Å². The average molecular weight is 438 g/mol. The first-order valence-corrected chi connectivity index (χ1v) is 9.39. The Morgan fingerprint density at radius 3 is 2.70 bits per heavy atom. The van der Waals surface area contributed by atoms with Crippen LogP contribution in [0.1, 0.15) is 18.4 Å². The molecule has 4 atom stereocenters. The lowest BCUT2D eigenvalue weighted by Gasteiger charge is -2.30. The summed E-state index contributed by atoms with van der Waals surface area (Å²) in [5.41, 5.74) is -0.608. The molecule has 2 aliphatic rings. The maximum absolute atomic E-state index is 12.9. The van der Waals surface area contributed by atoms with Gasteiger partial charge in [0.1, 0.15) is 18.8 Å². The predicted octanol–water partition coefficient (Wildman–Crippen LogP) is 2.88. The second kappa shape index (κ2) is 7.72. The van der Waals surface area contributed by atoms with Crippen molar-refractivity contribution in [1.82, 2.24) is 5.32 Å². The van der Waals surface area contributed by atoms with E-state index < -0.39 is 35.4 Å². The molecule has 0 bridgehead atoms. The van der Waals surface area contributed by atoms with E-state index in [-0.39, 0.29) is 19.1 Å². The monoisotopic (exact) mass is 437 g/mol. The number of fused-ring (bicyclic) bond motifs is 1. The highest BCUT2D eigenvalue weighted by Gasteiger charge is 2.72. The quantitative estimate of drug-likeness (QED) is 0.502. The van der Waals surface area contributed by atoms with E-state index in [0.29, 0.717) is 12.8 Å². The number of alkyl carbamates (subject to hydrolysis) is 1. The number of hydrogen-bond acceptors (Lipinski definition) is 5. The van der Waals surface area contributed by atoms with E-state index in [2.05, 4.69) is 27.8 Å². The Hall–Kier alpha value is -2.35. The molecule has 3 rings (SSSR count). The minimum Gasteiger partial charge on any atom is -0.481 e. The van der Waals surface area contributed by atoms with Gasteiger partial charge in [-0.1, -0.05) is 46.8 Å². The first-order valence-electron chi connectivity index (χ1n) is 8.60. The second-order valence-corrected chi connectivity index (χ2v) is 7.60. The van der Waals surface area contributed by atoms with Crippen molar-refractivity contribution in [1.29, 1.82) is 0 Å². The van der Waals surface area contributed by atoms with Gasteiger partial charge in [-0.3, -0.25) is 4.79 Å². The minimum absolute atomic E-state index is 0.00955. The van der Waals surface area contributed by atoms with Gasteiger partial charge in [-0.15, -0.1) is 0 Å². The molecule has 0 aliphatic heterocycles. The lowest BCUT2D eigenvalue weighted by molar-refractivity contribution is -0.154. The molecule has 1 amide bonds. The fourth-order valence-electron chi connectivity index (χ4n) is 3.98. The van der Waals surface area contributed by atoms with E-state index >= 15 is 0 Å². The predicted molar refractivity (Wildman–Crippen MR) is 98.7 cm³/mol. The van der Waals surface area contributed by atoms with E-state index in [9.17, 15) is 19.5 Å². The molecule has 0 heterocycles. The molecule has 0 radical (unpaired) electrons. The lowest BCUT2D eigenvalue weighted by Crippen LogP contribution is -2.56. The minimum atomic E-state index is -1.38. The van der Waals surface area contributed by atoms with Gasteiger partial charge in [-0.05, 0) is 24.8 Å². The Morgan fingerprint density at radius 1 is 1.33 bits per heavy atom. The average Bonchev–Trinajstić information content (AvgIpc) is 3.28. The molecular formula is C19H20BrNO6. The Morgan fingerprint density at radius 2 is 2.07 bits per heavy atom. The summed E-state index contributed by atoms with van der Waals surface area (Å²) in [6.07, 6.45) is 1.48. The van der Waals surface area contributed by atoms with Gasteiger partial charge in [0.05, 0.1) is 5.92 Å². The number of carbonyl (C=O) groups is 3. The van der Waals surface area contributed by atoms with Crippen LogP contribution < -0.4 is 5.32 Å². The molecule has 1 aromatic rings. The molecule has 2 aliphatic carbocycles. The third-order valence-corrected chi connectivity index (χ3v) is 6.01. The summed E-state index contributed by atoms with van der Waals surface area (Å²) in [5, 5.41) is 12.0. The van der Waals surface area contributed by atoms with Crippen LogP contribution in [0.5, 0.6) is 0 Å². The van der Waals surface area contributed by atoms with E-state index in [1.807, 2.05) is 24.3 Å². The van der Waals surface area contributed by atoms with Gasteiger partial charge in [0.2, 0.25) is 0 Å². The zero-order chi connectivity index (χ0) is 19.6. The van der Waals surface area contributed by atoms with Crippen LogP contribution in [0.3, 0.4) is 0 Å². The number of carbonyl (C=O) groups excluding carboxylic acids is 2. The third kappa shape index (κ3) is 3.71. The number of rotatable bonds is 7. The van der Waals surface area contributed by atoms with Gasteiger partial charge < -0.3 is 19.9 Å². The van der Waals surface area contributed by atoms with Crippen molar-refractivity contribution in [2.45, 2.75) is 25.0 Å². The number of aliphatic carboxylic acids is 1. The first-order chi connectivity index (χ1) is 12.9. The van der Waals surface area contributed by atoms with Crippen molar-refractivity contribution in [3.8, 4) is 0 Å². The number of nitrogens with one attached hydrogen (secondary N) is 1. The number of carboxylic acids is 1. The van der Waals surface area contributed by atoms with Gasteiger partial charge in [0, 0.05) is 16.0 Å². The zero-order valence-electron chi connectivity index (χ0n) is 14.5. The molecule has 0 saturated heterocycles. The van der Waals surface area contributed by atoms with Crippen molar-refractivity contribution in [3.63, 3.8) is 0 Å². The van der Waals surface area contributed by atoms with E-state index in [1.54, 1.807) is 0 Å². The van der Waals surface area contributed by atoms with Gasteiger partial charge in [-0.2, -0.15) is 0 Å². The fraction of sp³-hybridized carbons (Fsp3) is 0.421. The number of hydrogen-bond donors (Lipinski definition) is 2. The number of esters is 1. The maximum Gasteiger partial charge on any atom is 0.408 e. The molecule has 1 aromatic carbocycles. The molecule has 2 fully saturated rings. The van der Waals surface area contributed by atoms with Gasteiger partial charge in [0.25, 0.3) is 0 Å². The van der Waals surface area contributed by atoms with Crippen molar-refractivity contribution in [3.05, 3.63) is 47.0 Å². The molecule has 27 heavy (non-hydrogen) atoms. The maximum atomic E-state index is 12.9. The van der Waals surface area contributed by atoms with E-state index in [4.69, 9.17) is 9.47 Å². The van der Waals surface area contributed by atoms with Crippen LogP contribution in [0, 0.1) is 17.8 Å². The summed E-state index contributed by atoms with van der Waals surface area (Å²) in [7, 11) is 0. The molecule has 8 heteroatoms. The highest BCUT2D eigenvalue weighted by Crippen LogP contribution is 2.62. The Bertz CT molecular complexity index is 781. The normalized spacial score (nSPS) is 28.0. The molecule has 0 unspecified atom stereocenters. The summed E-state index contributed by atoms with van der Waals surface area (Å²) in [6.45, 7) is 3.47. The van der Waals surface area contributed by atoms with Crippen LogP contribution in [-0.4, -0.2) is 35.3 Å². The van der Waals surface area contributed by atoms with Gasteiger partial charge >= 0.3 is 18.0 Å².